The topological polar surface area (TPSA) is 38.6 Å². The van der Waals surface area contributed by atoms with Gasteiger partial charge in [-0.3, -0.25) is 4.40 Å². The van der Waals surface area contributed by atoms with Crippen LogP contribution in [0.15, 0.2) is 65.3 Å². The van der Waals surface area contributed by atoms with Gasteiger partial charge in [-0.2, -0.15) is 0 Å². The molecule has 2 unspecified atom stereocenters. The number of hydrogen-bond donors (Lipinski definition) is 1. The third-order valence-corrected chi connectivity index (χ3v) is 8.32. The van der Waals surface area contributed by atoms with Crippen LogP contribution >= 0.6 is 19.4 Å². The van der Waals surface area contributed by atoms with Crippen LogP contribution in [0.5, 0.6) is 0 Å². The first kappa shape index (κ1) is 21.1. The lowest BCUT2D eigenvalue weighted by Crippen LogP contribution is -2.18. The van der Waals surface area contributed by atoms with E-state index in [4.69, 9.17) is 9.72 Å². The minimum Gasteiger partial charge on any atom is -0.500 e. The number of nitrogens with one attached hydrogen (secondary N) is 1. The molecule has 2 aliphatic rings. The number of aryl methyl sites for hydroxylation is 1. The van der Waals surface area contributed by atoms with Gasteiger partial charge in [0, 0.05) is 23.7 Å². The van der Waals surface area contributed by atoms with Crippen molar-refractivity contribution < 1.29 is 9.13 Å². The quantitative estimate of drug-likeness (QED) is 0.537. The molecule has 7 heteroatoms. The summed E-state index contributed by atoms with van der Waals surface area (Å²) in [7, 11) is 1.15. The Morgan fingerprint density at radius 1 is 1.27 bits per heavy atom. The molecule has 0 bridgehead atoms. The predicted octanol–water partition coefficient (Wildman–Crippen LogP) is 6.48. The van der Waals surface area contributed by atoms with Crippen LogP contribution in [-0.4, -0.2) is 28.8 Å². The first-order valence-corrected chi connectivity index (χ1v) is 12.9. The summed E-state index contributed by atoms with van der Waals surface area (Å²) in [6.07, 6.45) is 17.0. The lowest BCUT2D eigenvalue weighted by molar-refractivity contribution is 0.278. The first-order valence-electron chi connectivity index (χ1n) is 10.2. The van der Waals surface area contributed by atoms with Gasteiger partial charge in [0.15, 0.2) is 4.96 Å². The summed E-state index contributed by atoms with van der Waals surface area (Å²) in [6.45, 7) is 4.31. The largest absolute Gasteiger partial charge is 0.500 e. The van der Waals surface area contributed by atoms with Crippen LogP contribution in [0.25, 0.3) is 10.5 Å². The number of hydrogen-bond acceptors (Lipinski definition) is 4. The maximum absolute atomic E-state index is 13.7. The minimum atomic E-state index is -0.596. The Balaban J connectivity index is 1.54. The van der Waals surface area contributed by atoms with Gasteiger partial charge in [0.1, 0.15) is 11.6 Å². The van der Waals surface area contributed by atoms with Crippen LogP contribution in [0, 0.1) is 6.92 Å². The van der Waals surface area contributed by atoms with Gasteiger partial charge in [0.2, 0.25) is 0 Å². The van der Waals surface area contributed by atoms with Crippen LogP contribution in [0.1, 0.15) is 37.1 Å². The lowest BCUT2D eigenvalue weighted by Gasteiger charge is -2.27. The summed E-state index contributed by atoms with van der Waals surface area (Å²) in [4.78, 5) is 5.73. The Morgan fingerprint density at radius 3 is 2.97 bits per heavy atom. The van der Waals surface area contributed by atoms with Crippen LogP contribution < -0.4 is 5.09 Å². The highest BCUT2D eigenvalue weighted by Crippen LogP contribution is 2.44. The fourth-order valence-electron chi connectivity index (χ4n) is 3.99. The van der Waals surface area contributed by atoms with Crippen molar-refractivity contribution in [2.45, 2.75) is 38.3 Å². The second-order valence-corrected chi connectivity index (χ2v) is 10.5. The number of fused-ring (bicyclic) bond motifs is 1. The van der Waals surface area contributed by atoms with E-state index in [0.717, 1.165) is 41.4 Å². The van der Waals surface area contributed by atoms with E-state index in [1.54, 1.807) is 24.5 Å². The number of rotatable bonds is 5. The third-order valence-electron chi connectivity index (χ3n) is 5.50. The Hall–Kier alpha value is -2.17. The monoisotopic (exact) mass is 443 g/mol. The van der Waals surface area contributed by atoms with Gasteiger partial charge in [-0.05, 0) is 70.8 Å². The van der Waals surface area contributed by atoms with Gasteiger partial charge < -0.3 is 9.82 Å². The molecule has 0 fully saturated rings. The molecule has 0 amide bonds. The second-order valence-electron chi connectivity index (χ2n) is 7.52. The Labute approximate surface area is 182 Å². The van der Waals surface area contributed by atoms with E-state index in [2.05, 4.69) is 52.9 Å². The summed E-state index contributed by atoms with van der Waals surface area (Å²) in [5.41, 5.74) is 4.78. The van der Waals surface area contributed by atoms with Crippen molar-refractivity contribution in [1.29, 1.82) is 0 Å². The first-order chi connectivity index (χ1) is 14.6. The molecule has 4 rings (SSSR count). The normalized spacial score (nSPS) is 25.5. The van der Waals surface area contributed by atoms with Gasteiger partial charge in [-0.25, -0.2) is 9.37 Å². The molecular weight excluding hydrogens is 416 g/mol. The second kappa shape index (κ2) is 9.32. The van der Waals surface area contributed by atoms with Crippen molar-refractivity contribution >= 4 is 29.9 Å². The summed E-state index contributed by atoms with van der Waals surface area (Å²) in [5.74, 6) is 0.919. The molecule has 0 radical (unpaired) electrons. The van der Waals surface area contributed by atoms with Crippen molar-refractivity contribution in [3.8, 4) is 0 Å². The fourth-order valence-corrected chi connectivity index (χ4v) is 6.55. The molecule has 0 aliphatic heterocycles. The van der Waals surface area contributed by atoms with Crippen LogP contribution in [-0.2, 0) is 4.74 Å². The van der Waals surface area contributed by atoms with Crippen molar-refractivity contribution in [1.82, 2.24) is 14.5 Å². The summed E-state index contributed by atoms with van der Waals surface area (Å²) < 4.78 is 21.6. The SMILES string of the molecule is COC1=CC=C(c2c(C)nc3sccn23)CCC1P(C)NC1=C/C=C(/F)CC/C=C\1. The molecule has 2 atom stereocenters. The molecule has 4 nitrogen and oxygen atoms in total. The number of allylic oxidation sites excluding steroid dienone is 9. The summed E-state index contributed by atoms with van der Waals surface area (Å²) in [6, 6.07) is 0. The van der Waals surface area contributed by atoms with E-state index in [0.29, 0.717) is 6.42 Å². The number of nitrogens with zero attached hydrogens (tertiary/aromatic N) is 2. The number of aromatic nitrogens is 2. The van der Waals surface area contributed by atoms with Gasteiger partial charge >= 0.3 is 0 Å². The zero-order valence-electron chi connectivity index (χ0n) is 17.6. The minimum absolute atomic E-state index is 0.0733. The molecule has 30 heavy (non-hydrogen) atoms. The van der Waals surface area contributed by atoms with E-state index in [9.17, 15) is 4.39 Å². The zero-order valence-corrected chi connectivity index (χ0v) is 19.3. The number of imidazole rings is 1. The molecule has 0 spiro atoms. The van der Waals surface area contributed by atoms with Crippen LogP contribution in [0.3, 0.4) is 0 Å². The Bertz CT molecular complexity index is 1080. The van der Waals surface area contributed by atoms with E-state index in [1.165, 1.54) is 11.3 Å². The molecule has 0 saturated heterocycles. The molecule has 2 aromatic heterocycles. The van der Waals surface area contributed by atoms with E-state index >= 15 is 0 Å². The Morgan fingerprint density at radius 2 is 2.13 bits per heavy atom. The molecule has 0 aromatic carbocycles. The highest BCUT2D eigenvalue weighted by atomic mass is 32.1. The maximum atomic E-state index is 13.7. The molecule has 2 aliphatic carbocycles. The van der Waals surface area contributed by atoms with Crippen molar-refractivity contribution in [2.75, 3.05) is 13.8 Å². The molecule has 158 valence electrons. The van der Waals surface area contributed by atoms with E-state index in [-0.39, 0.29) is 11.5 Å². The maximum Gasteiger partial charge on any atom is 0.194 e. The average Bonchev–Trinajstić information content (AvgIpc) is 3.20. The van der Waals surface area contributed by atoms with Crippen molar-refractivity contribution in [3.05, 3.63) is 76.7 Å². The fraction of sp³-hybridized carbons (Fsp3) is 0.348. The number of methoxy groups -OCH3 is 1. The van der Waals surface area contributed by atoms with Gasteiger partial charge in [-0.1, -0.05) is 12.2 Å². The summed E-state index contributed by atoms with van der Waals surface area (Å²) in [5, 5.41) is 5.70. The Kier molecular flexibility index (Phi) is 6.55. The van der Waals surface area contributed by atoms with Gasteiger partial charge in [0.25, 0.3) is 0 Å². The van der Waals surface area contributed by atoms with Gasteiger partial charge in [0.05, 0.1) is 24.2 Å². The molecule has 2 heterocycles. The predicted molar refractivity (Wildman–Crippen MR) is 126 cm³/mol. The van der Waals surface area contributed by atoms with Crippen molar-refractivity contribution in [3.63, 3.8) is 0 Å². The molecular formula is C23H27FN3OPS. The van der Waals surface area contributed by atoms with Crippen LogP contribution in [0.4, 0.5) is 4.39 Å². The number of thiazole rings is 1. The molecule has 0 saturated carbocycles. The molecule has 2 aromatic rings. The highest BCUT2D eigenvalue weighted by Gasteiger charge is 2.26. The number of ether oxygens (including phenoxy) is 1. The van der Waals surface area contributed by atoms with Crippen LogP contribution in [0.2, 0.25) is 0 Å². The molecule has 1 N–H and O–H groups in total. The zero-order chi connectivity index (χ0) is 21.1. The summed E-state index contributed by atoms with van der Waals surface area (Å²) >= 11 is 1.66. The number of halogens is 1. The van der Waals surface area contributed by atoms with Gasteiger partial charge in [-0.15, -0.1) is 11.3 Å². The third kappa shape index (κ3) is 4.45. The average molecular weight is 444 g/mol. The van der Waals surface area contributed by atoms with E-state index < -0.39 is 8.07 Å². The smallest absolute Gasteiger partial charge is 0.194 e. The van der Waals surface area contributed by atoms with E-state index in [1.807, 2.05) is 12.2 Å². The lowest BCUT2D eigenvalue weighted by atomic mass is 10.1. The standard InChI is InChI=1S/C23H27FN3OPS/c1-16-22(27-14-15-30-23(27)25-16)17-8-12-20(28-2)21(13-9-17)29(3)26-19-7-5-4-6-18(24)10-11-19/h5,7-8,10-12,14-15,21,26H,4,6,9,13H2,1-3H3/b7-5-,18-10+,19-11+. The highest BCUT2D eigenvalue weighted by molar-refractivity contribution is 7.55. The van der Waals surface area contributed by atoms with Crippen molar-refractivity contribution in [2.24, 2.45) is 0 Å².